The van der Waals surface area contributed by atoms with Gasteiger partial charge in [0.05, 0.1) is 0 Å². The predicted molar refractivity (Wildman–Crippen MR) is 114 cm³/mol. The molecular weight excluding hydrogens is 383 g/mol. The Morgan fingerprint density at radius 3 is 2.27 bits per heavy atom. The van der Waals surface area contributed by atoms with E-state index in [4.69, 9.17) is 0 Å². The van der Waals surface area contributed by atoms with E-state index in [-0.39, 0.29) is 24.3 Å². The lowest BCUT2D eigenvalue weighted by molar-refractivity contribution is -0.133. The monoisotopic (exact) mass is 410 g/mol. The van der Waals surface area contributed by atoms with Gasteiger partial charge in [0.2, 0.25) is 5.91 Å². The van der Waals surface area contributed by atoms with Crippen LogP contribution in [0.15, 0.2) is 54.6 Å². The zero-order valence-corrected chi connectivity index (χ0v) is 17.0. The van der Waals surface area contributed by atoms with Gasteiger partial charge in [-0.3, -0.25) is 14.6 Å². The van der Waals surface area contributed by atoms with Crippen LogP contribution in [0.25, 0.3) is 0 Å². The van der Waals surface area contributed by atoms with Gasteiger partial charge in [-0.25, -0.2) is 9.18 Å². The van der Waals surface area contributed by atoms with Crippen LogP contribution in [-0.4, -0.2) is 79.0 Å². The molecule has 7 heteroatoms. The van der Waals surface area contributed by atoms with Gasteiger partial charge in [0.1, 0.15) is 12.4 Å². The molecular formula is C23H27FN4O2. The van der Waals surface area contributed by atoms with Crippen LogP contribution in [0, 0.1) is 5.82 Å². The SMILES string of the molecule is O=C(CN1CCN(c2ccc(F)cc2)C1=O)N1CCN(CCc2ccccc2)CC1. The summed E-state index contributed by atoms with van der Waals surface area (Å²) in [4.78, 5) is 32.8. The maximum Gasteiger partial charge on any atom is 0.325 e. The van der Waals surface area contributed by atoms with Gasteiger partial charge in [-0.1, -0.05) is 30.3 Å². The second-order valence-corrected chi connectivity index (χ2v) is 7.79. The molecule has 0 N–H and O–H groups in total. The fourth-order valence-corrected chi connectivity index (χ4v) is 4.01. The molecule has 6 nitrogen and oxygen atoms in total. The molecule has 0 unspecified atom stereocenters. The highest BCUT2D eigenvalue weighted by atomic mass is 19.1. The molecule has 0 aliphatic carbocycles. The van der Waals surface area contributed by atoms with Gasteiger partial charge in [0.25, 0.3) is 0 Å². The van der Waals surface area contributed by atoms with Crippen molar-refractivity contribution in [2.45, 2.75) is 6.42 Å². The van der Waals surface area contributed by atoms with Crippen molar-refractivity contribution in [3.8, 4) is 0 Å². The molecule has 0 saturated carbocycles. The Balaban J connectivity index is 1.23. The number of urea groups is 1. The topological polar surface area (TPSA) is 47.1 Å². The number of piperazine rings is 1. The number of halogens is 1. The minimum Gasteiger partial charge on any atom is -0.339 e. The van der Waals surface area contributed by atoms with Crippen molar-refractivity contribution in [2.75, 3.05) is 57.3 Å². The summed E-state index contributed by atoms with van der Waals surface area (Å²) in [5.74, 6) is -0.340. The third-order valence-corrected chi connectivity index (χ3v) is 5.84. The molecule has 4 rings (SSSR count). The quantitative estimate of drug-likeness (QED) is 0.735. The Kier molecular flexibility index (Phi) is 6.28. The van der Waals surface area contributed by atoms with Gasteiger partial charge in [-0.2, -0.15) is 0 Å². The van der Waals surface area contributed by atoms with Crippen LogP contribution < -0.4 is 4.90 Å². The Labute approximate surface area is 176 Å². The van der Waals surface area contributed by atoms with E-state index in [0.717, 1.165) is 26.1 Å². The molecule has 2 aromatic carbocycles. The summed E-state index contributed by atoms with van der Waals surface area (Å²) >= 11 is 0. The first-order valence-electron chi connectivity index (χ1n) is 10.5. The minimum atomic E-state index is -0.333. The van der Waals surface area contributed by atoms with Crippen LogP contribution in [0.5, 0.6) is 0 Å². The summed E-state index contributed by atoms with van der Waals surface area (Å²) in [7, 11) is 0. The van der Waals surface area contributed by atoms with Crippen molar-refractivity contribution in [1.29, 1.82) is 0 Å². The fourth-order valence-electron chi connectivity index (χ4n) is 4.01. The van der Waals surface area contributed by atoms with Crippen molar-refractivity contribution >= 4 is 17.6 Å². The number of amides is 3. The molecule has 2 aliphatic heterocycles. The lowest BCUT2D eigenvalue weighted by Gasteiger charge is -2.35. The van der Waals surface area contributed by atoms with Crippen LogP contribution >= 0.6 is 0 Å². The third-order valence-electron chi connectivity index (χ3n) is 5.84. The molecule has 2 saturated heterocycles. The molecule has 158 valence electrons. The number of rotatable bonds is 6. The average molecular weight is 410 g/mol. The number of carbonyl (C=O) groups excluding carboxylic acids is 2. The summed E-state index contributed by atoms with van der Waals surface area (Å²) in [5, 5.41) is 0. The zero-order valence-electron chi connectivity index (χ0n) is 17.0. The lowest BCUT2D eigenvalue weighted by Crippen LogP contribution is -2.51. The molecule has 0 aromatic heterocycles. The van der Waals surface area contributed by atoms with Crippen molar-refractivity contribution in [3.63, 3.8) is 0 Å². The van der Waals surface area contributed by atoms with Crippen molar-refractivity contribution in [3.05, 3.63) is 66.0 Å². The highest BCUT2D eigenvalue weighted by Crippen LogP contribution is 2.20. The number of benzene rings is 2. The van der Waals surface area contributed by atoms with Crippen molar-refractivity contribution < 1.29 is 14.0 Å². The van der Waals surface area contributed by atoms with Crippen LogP contribution in [0.4, 0.5) is 14.9 Å². The van der Waals surface area contributed by atoms with E-state index < -0.39 is 0 Å². The Morgan fingerprint density at radius 1 is 0.867 bits per heavy atom. The molecule has 2 heterocycles. The van der Waals surface area contributed by atoms with Gasteiger partial charge in [-0.15, -0.1) is 0 Å². The van der Waals surface area contributed by atoms with Crippen molar-refractivity contribution in [1.82, 2.24) is 14.7 Å². The highest BCUT2D eigenvalue weighted by molar-refractivity contribution is 5.96. The van der Waals surface area contributed by atoms with E-state index >= 15 is 0 Å². The van der Waals surface area contributed by atoms with Crippen molar-refractivity contribution in [2.24, 2.45) is 0 Å². The number of hydrogen-bond donors (Lipinski definition) is 0. The van der Waals surface area contributed by atoms with Gasteiger partial charge < -0.3 is 9.80 Å². The summed E-state index contributed by atoms with van der Waals surface area (Å²) in [6.07, 6.45) is 1.01. The number of carbonyl (C=O) groups is 2. The summed E-state index contributed by atoms with van der Waals surface area (Å²) < 4.78 is 13.1. The maximum absolute atomic E-state index is 13.1. The lowest BCUT2D eigenvalue weighted by atomic mass is 10.1. The number of nitrogens with zero attached hydrogens (tertiary/aromatic N) is 4. The van der Waals surface area contributed by atoms with Crippen LogP contribution in [0.3, 0.4) is 0 Å². The Morgan fingerprint density at radius 2 is 1.57 bits per heavy atom. The Hall–Kier alpha value is -2.93. The van der Waals surface area contributed by atoms with Gasteiger partial charge in [-0.05, 0) is 36.2 Å². The van der Waals surface area contributed by atoms with E-state index in [2.05, 4.69) is 29.2 Å². The first kappa shape index (κ1) is 20.3. The molecule has 0 radical (unpaired) electrons. The molecule has 0 spiro atoms. The van der Waals surface area contributed by atoms with Gasteiger partial charge >= 0.3 is 6.03 Å². The second-order valence-electron chi connectivity index (χ2n) is 7.79. The highest BCUT2D eigenvalue weighted by Gasteiger charge is 2.32. The van der Waals surface area contributed by atoms with Gasteiger partial charge in [0, 0.05) is 51.5 Å². The minimum absolute atomic E-state index is 0.00739. The summed E-state index contributed by atoms with van der Waals surface area (Å²) in [6, 6.07) is 16.1. The number of anilines is 1. The predicted octanol–water partition coefficient (Wildman–Crippen LogP) is 2.45. The third kappa shape index (κ3) is 4.79. The summed E-state index contributed by atoms with van der Waals surface area (Å²) in [5.41, 5.74) is 1.98. The molecule has 2 fully saturated rings. The average Bonchev–Trinajstić information content (AvgIpc) is 3.14. The van der Waals surface area contributed by atoms with E-state index in [1.807, 2.05) is 11.0 Å². The second kappa shape index (κ2) is 9.26. The van der Waals surface area contributed by atoms with E-state index in [1.54, 1.807) is 21.9 Å². The number of hydrogen-bond acceptors (Lipinski definition) is 3. The first-order chi connectivity index (χ1) is 14.6. The molecule has 0 bridgehead atoms. The molecule has 2 aliphatic rings. The van der Waals surface area contributed by atoms with E-state index in [0.29, 0.717) is 31.9 Å². The zero-order chi connectivity index (χ0) is 20.9. The molecule has 30 heavy (non-hydrogen) atoms. The normalized spacial score (nSPS) is 17.6. The standard InChI is InChI=1S/C23H27FN4O2/c24-20-6-8-21(9-7-20)28-17-16-27(23(28)30)18-22(29)26-14-12-25(13-15-26)11-10-19-4-2-1-3-5-19/h1-9H,10-18H2. The molecule has 3 amide bonds. The smallest absolute Gasteiger partial charge is 0.325 e. The van der Waals surface area contributed by atoms with Crippen LogP contribution in [0.2, 0.25) is 0 Å². The maximum atomic E-state index is 13.1. The van der Waals surface area contributed by atoms with E-state index in [9.17, 15) is 14.0 Å². The van der Waals surface area contributed by atoms with E-state index in [1.165, 1.54) is 17.7 Å². The first-order valence-corrected chi connectivity index (χ1v) is 10.5. The largest absolute Gasteiger partial charge is 0.339 e. The molecule has 2 aromatic rings. The summed E-state index contributed by atoms with van der Waals surface area (Å²) in [6.45, 7) is 5.19. The fraction of sp³-hybridized carbons (Fsp3) is 0.391. The molecule has 0 atom stereocenters. The Bertz CT molecular complexity index is 867. The van der Waals surface area contributed by atoms with Gasteiger partial charge in [0.15, 0.2) is 0 Å². The van der Waals surface area contributed by atoms with Crippen LogP contribution in [0.1, 0.15) is 5.56 Å². The van der Waals surface area contributed by atoms with Crippen LogP contribution in [-0.2, 0) is 11.2 Å².